The van der Waals surface area contributed by atoms with E-state index in [4.69, 9.17) is 14.2 Å². The average Bonchev–Trinajstić information content (AvgIpc) is 3.19. The molecule has 0 atom stereocenters. The lowest BCUT2D eigenvalue weighted by Crippen LogP contribution is -2.25. The molecule has 1 N–H and O–H groups in total. The number of tetrazole rings is 1. The monoisotopic (exact) mass is 369 g/mol. The first-order chi connectivity index (χ1) is 13.2. The summed E-state index contributed by atoms with van der Waals surface area (Å²) in [6, 6.07) is 12.4. The number of hydrogen-bond donors (Lipinski definition) is 1. The molecule has 1 heterocycles. The first-order valence-corrected chi connectivity index (χ1v) is 8.08. The third-order valence-corrected chi connectivity index (χ3v) is 3.91. The minimum absolute atomic E-state index is 0.124. The number of nitrogens with zero attached hydrogens (tertiary/aromatic N) is 4. The SMILES string of the molecule is COc1ccc(-n2nnnc2CNC(=O)c2c(OC)cccc2OC)cc1. The molecule has 1 aromatic heterocycles. The number of carbonyl (C=O) groups excluding carboxylic acids is 1. The zero-order chi connectivity index (χ0) is 19.2. The maximum atomic E-state index is 12.7. The van der Waals surface area contributed by atoms with Crippen molar-refractivity contribution in [3.63, 3.8) is 0 Å². The Morgan fingerprint density at radius 3 is 2.26 bits per heavy atom. The predicted molar refractivity (Wildman–Crippen MR) is 96.4 cm³/mol. The molecule has 9 nitrogen and oxygen atoms in total. The van der Waals surface area contributed by atoms with Crippen LogP contribution in [-0.2, 0) is 6.54 Å². The molecule has 3 rings (SSSR count). The van der Waals surface area contributed by atoms with Gasteiger partial charge in [0.2, 0.25) is 0 Å². The summed E-state index contributed by atoms with van der Waals surface area (Å²) < 4.78 is 17.2. The first-order valence-electron chi connectivity index (χ1n) is 8.08. The van der Waals surface area contributed by atoms with E-state index in [1.807, 2.05) is 12.1 Å². The average molecular weight is 369 g/mol. The van der Waals surface area contributed by atoms with E-state index in [0.29, 0.717) is 22.9 Å². The molecule has 140 valence electrons. The van der Waals surface area contributed by atoms with Crippen molar-refractivity contribution < 1.29 is 19.0 Å². The molecule has 0 aliphatic heterocycles. The number of methoxy groups -OCH3 is 3. The van der Waals surface area contributed by atoms with Gasteiger partial charge in [0, 0.05) is 0 Å². The van der Waals surface area contributed by atoms with Gasteiger partial charge in [-0.05, 0) is 46.8 Å². The molecule has 9 heteroatoms. The second kappa shape index (κ2) is 8.17. The Morgan fingerprint density at radius 1 is 1.00 bits per heavy atom. The van der Waals surface area contributed by atoms with E-state index in [1.54, 1.807) is 42.1 Å². The van der Waals surface area contributed by atoms with Crippen LogP contribution in [0.1, 0.15) is 16.2 Å². The molecule has 0 spiro atoms. The molecule has 0 aliphatic carbocycles. The molecule has 0 bridgehead atoms. The fourth-order valence-corrected chi connectivity index (χ4v) is 2.56. The predicted octanol–water partition coefficient (Wildman–Crippen LogP) is 1.62. The highest BCUT2D eigenvalue weighted by atomic mass is 16.5. The summed E-state index contributed by atoms with van der Waals surface area (Å²) in [4.78, 5) is 12.7. The van der Waals surface area contributed by atoms with Crippen LogP contribution in [0.3, 0.4) is 0 Å². The van der Waals surface area contributed by atoms with E-state index in [9.17, 15) is 4.79 Å². The maximum Gasteiger partial charge on any atom is 0.259 e. The van der Waals surface area contributed by atoms with E-state index >= 15 is 0 Å². The highest BCUT2D eigenvalue weighted by molar-refractivity contribution is 5.99. The van der Waals surface area contributed by atoms with Crippen molar-refractivity contribution >= 4 is 5.91 Å². The normalized spacial score (nSPS) is 10.3. The highest BCUT2D eigenvalue weighted by Crippen LogP contribution is 2.28. The summed E-state index contributed by atoms with van der Waals surface area (Å²) in [6.07, 6.45) is 0. The summed E-state index contributed by atoms with van der Waals surface area (Å²) in [6.45, 7) is 0.124. The molecule has 0 aliphatic rings. The molecular formula is C18H19N5O4. The zero-order valence-corrected chi connectivity index (χ0v) is 15.2. The van der Waals surface area contributed by atoms with Crippen molar-refractivity contribution in [3.05, 3.63) is 53.9 Å². The van der Waals surface area contributed by atoms with Gasteiger partial charge in [0.15, 0.2) is 5.82 Å². The van der Waals surface area contributed by atoms with Crippen LogP contribution < -0.4 is 19.5 Å². The highest BCUT2D eigenvalue weighted by Gasteiger charge is 2.19. The quantitative estimate of drug-likeness (QED) is 0.675. The molecule has 1 amide bonds. The molecule has 2 aromatic carbocycles. The van der Waals surface area contributed by atoms with Gasteiger partial charge in [-0.2, -0.15) is 4.68 Å². The van der Waals surface area contributed by atoms with Gasteiger partial charge in [-0.15, -0.1) is 5.10 Å². The van der Waals surface area contributed by atoms with Crippen LogP contribution in [0.5, 0.6) is 17.2 Å². The van der Waals surface area contributed by atoms with Crippen LogP contribution >= 0.6 is 0 Å². The van der Waals surface area contributed by atoms with Gasteiger partial charge in [-0.3, -0.25) is 4.79 Å². The maximum absolute atomic E-state index is 12.7. The van der Waals surface area contributed by atoms with Crippen LogP contribution in [0.15, 0.2) is 42.5 Å². The molecular weight excluding hydrogens is 350 g/mol. The lowest BCUT2D eigenvalue weighted by atomic mass is 10.1. The van der Waals surface area contributed by atoms with Crippen molar-refractivity contribution in [1.29, 1.82) is 0 Å². The number of aromatic nitrogens is 4. The fourth-order valence-electron chi connectivity index (χ4n) is 2.56. The molecule has 0 saturated heterocycles. The van der Waals surface area contributed by atoms with Crippen LogP contribution in [0.25, 0.3) is 5.69 Å². The smallest absolute Gasteiger partial charge is 0.259 e. The minimum atomic E-state index is -0.353. The van der Waals surface area contributed by atoms with Crippen molar-refractivity contribution in [1.82, 2.24) is 25.5 Å². The van der Waals surface area contributed by atoms with E-state index < -0.39 is 0 Å². The van der Waals surface area contributed by atoms with E-state index in [2.05, 4.69) is 20.8 Å². The topological polar surface area (TPSA) is 100 Å². The Morgan fingerprint density at radius 2 is 1.67 bits per heavy atom. The van der Waals surface area contributed by atoms with Crippen LogP contribution in [-0.4, -0.2) is 47.4 Å². The summed E-state index contributed by atoms with van der Waals surface area (Å²) in [5.74, 6) is 1.68. The van der Waals surface area contributed by atoms with Crippen LogP contribution in [0, 0.1) is 0 Å². The Kier molecular flexibility index (Phi) is 5.50. The van der Waals surface area contributed by atoms with E-state index in [1.165, 1.54) is 14.2 Å². The largest absolute Gasteiger partial charge is 0.497 e. The number of carbonyl (C=O) groups is 1. The van der Waals surface area contributed by atoms with Gasteiger partial charge < -0.3 is 19.5 Å². The van der Waals surface area contributed by atoms with Gasteiger partial charge in [-0.1, -0.05) is 6.07 Å². The van der Waals surface area contributed by atoms with Gasteiger partial charge in [-0.25, -0.2) is 0 Å². The fraction of sp³-hybridized carbons (Fsp3) is 0.222. The van der Waals surface area contributed by atoms with E-state index in [-0.39, 0.29) is 12.5 Å². The van der Waals surface area contributed by atoms with Gasteiger partial charge in [0.1, 0.15) is 22.8 Å². The van der Waals surface area contributed by atoms with E-state index in [0.717, 1.165) is 11.4 Å². The Labute approximate surface area is 155 Å². The lowest BCUT2D eigenvalue weighted by molar-refractivity contribution is 0.0943. The second-order valence-electron chi connectivity index (χ2n) is 5.43. The molecule has 27 heavy (non-hydrogen) atoms. The van der Waals surface area contributed by atoms with Gasteiger partial charge >= 0.3 is 0 Å². The molecule has 0 saturated carbocycles. The van der Waals surface area contributed by atoms with Gasteiger partial charge in [0.25, 0.3) is 5.91 Å². The minimum Gasteiger partial charge on any atom is -0.497 e. The Bertz CT molecular complexity index is 902. The Balaban J connectivity index is 1.78. The summed E-state index contributed by atoms with van der Waals surface area (Å²) in [5, 5.41) is 14.4. The number of benzene rings is 2. The third kappa shape index (κ3) is 3.81. The Hall–Kier alpha value is -3.62. The summed E-state index contributed by atoms with van der Waals surface area (Å²) >= 11 is 0. The zero-order valence-electron chi connectivity index (χ0n) is 15.2. The number of hydrogen-bond acceptors (Lipinski definition) is 7. The summed E-state index contributed by atoms with van der Waals surface area (Å²) in [5.41, 5.74) is 1.06. The first kappa shape index (κ1) is 18.2. The number of rotatable bonds is 7. The molecule has 3 aromatic rings. The van der Waals surface area contributed by atoms with Crippen molar-refractivity contribution in [2.45, 2.75) is 6.54 Å². The number of ether oxygens (including phenoxy) is 3. The molecule has 0 unspecified atom stereocenters. The second-order valence-corrected chi connectivity index (χ2v) is 5.43. The molecule has 0 fully saturated rings. The van der Waals surface area contributed by atoms with Crippen molar-refractivity contribution in [3.8, 4) is 22.9 Å². The number of amides is 1. The number of nitrogens with one attached hydrogen (secondary N) is 1. The lowest BCUT2D eigenvalue weighted by Gasteiger charge is -2.13. The van der Waals surface area contributed by atoms with Crippen molar-refractivity contribution in [2.24, 2.45) is 0 Å². The van der Waals surface area contributed by atoms with Crippen LogP contribution in [0.2, 0.25) is 0 Å². The van der Waals surface area contributed by atoms with Crippen molar-refractivity contribution in [2.75, 3.05) is 21.3 Å². The standard InChI is InChI=1S/C18H19N5O4/c1-25-13-9-7-12(8-10-13)23-16(20-21-22-23)11-19-18(24)17-14(26-2)5-4-6-15(17)27-3/h4-10H,11H2,1-3H3,(H,19,24). The summed E-state index contributed by atoms with van der Waals surface area (Å²) in [7, 11) is 4.59. The third-order valence-electron chi connectivity index (χ3n) is 3.91. The van der Waals surface area contributed by atoms with Gasteiger partial charge in [0.05, 0.1) is 33.6 Å². The molecule has 0 radical (unpaired) electrons. The van der Waals surface area contributed by atoms with Crippen LogP contribution in [0.4, 0.5) is 0 Å².